The average molecular weight is 314 g/mol. The molecular weight excluding hydrogens is 303 g/mol. The summed E-state index contributed by atoms with van der Waals surface area (Å²) in [5.74, 6) is -0.364. The van der Waals surface area contributed by atoms with E-state index in [2.05, 4.69) is 5.32 Å². The van der Waals surface area contributed by atoms with Crippen LogP contribution in [0.3, 0.4) is 0 Å². The van der Waals surface area contributed by atoms with Gasteiger partial charge >= 0.3 is 6.18 Å². The van der Waals surface area contributed by atoms with Gasteiger partial charge < -0.3 is 5.32 Å². The van der Waals surface area contributed by atoms with Crippen molar-refractivity contribution >= 4 is 23.1 Å². The zero-order valence-electron chi connectivity index (χ0n) is 10.7. The molecule has 2 rings (SSSR count). The molecule has 2 nitrogen and oxygen atoms in total. The van der Waals surface area contributed by atoms with Crippen LogP contribution in [0.25, 0.3) is 0 Å². The summed E-state index contributed by atoms with van der Waals surface area (Å²) in [7, 11) is 0. The van der Waals surface area contributed by atoms with Gasteiger partial charge in [0, 0.05) is 21.8 Å². The summed E-state index contributed by atoms with van der Waals surface area (Å²) in [6.45, 7) is -1.23. The van der Waals surface area contributed by atoms with Gasteiger partial charge in [-0.05, 0) is 18.2 Å². The van der Waals surface area contributed by atoms with E-state index in [0.717, 1.165) is 0 Å². The zero-order chi connectivity index (χ0) is 15.5. The topological polar surface area (TPSA) is 29.1 Å². The molecule has 2 aromatic carbocycles. The van der Waals surface area contributed by atoms with Gasteiger partial charge in [0.25, 0.3) is 0 Å². The Bertz CT molecular complexity index is 641. The lowest BCUT2D eigenvalue weighted by Gasteiger charge is -2.13. The molecule has 0 fully saturated rings. The Morgan fingerprint density at radius 1 is 1.10 bits per heavy atom. The van der Waals surface area contributed by atoms with Gasteiger partial charge in [0.05, 0.1) is 0 Å². The quantitative estimate of drug-likeness (QED) is 0.839. The third kappa shape index (κ3) is 4.23. The number of anilines is 1. The summed E-state index contributed by atoms with van der Waals surface area (Å²) in [6.07, 6.45) is -4.38. The molecule has 1 N–H and O–H groups in total. The first-order valence-electron chi connectivity index (χ1n) is 6.07. The summed E-state index contributed by atoms with van der Waals surface area (Å²) in [6, 6.07) is 12.5. The van der Waals surface area contributed by atoms with Crippen LogP contribution in [0, 0.1) is 0 Å². The highest BCUT2D eigenvalue weighted by Crippen LogP contribution is 2.25. The van der Waals surface area contributed by atoms with Crippen LogP contribution in [0.1, 0.15) is 15.9 Å². The van der Waals surface area contributed by atoms with Crippen molar-refractivity contribution in [2.24, 2.45) is 0 Å². The first-order chi connectivity index (χ1) is 9.87. The van der Waals surface area contributed by atoms with Crippen molar-refractivity contribution in [2.75, 3.05) is 11.9 Å². The lowest BCUT2D eigenvalue weighted by Crippen LogP contribution is -2.22. The molecule has 21 heavy (non-hydrogen) atoms. The van der Waals surface area contributed by atoms with Crippen molar-refractivity contribution in [3.63, 3.8) is 0 Å². The van der Waals surface area contributed by atoms with E-state index in [9.17, 15) is 18.0 Å². The molecule has 2 aromatic rings. The van der Waals surface area contributed by atoms with E-state index in [-0.39, 0.29) is 22.1 Å². The van der Waals surface area contributed by atoms with Crippen molar-refractivity contribution in [1.82, 2.24) is 0 Å². The number of hydrogen-bond donors (Lipinski definition) is 1. The molecule has 0 unspecified atom stereocenters. The predicted molar refractivity (Wildman–Crippen MR) is 75.9 cm³/mol. The van der Waals surface area contributed by atoms with E-state index in [4.69, 9.17) is 11.6 Å². The normalized spacial score (nSPS) is 11.2. The number of ketones is 1. The Morgan fingerprint density at radius 3 is 2.38 bits per heavy atom. The maximum atomic E-state index is 12.3. The smallest absolute Gasteiger partial charge is 0.376 e. The monoisotopic (exact) mass is 313 g/mol. The molecule has 0 aliphatic carbocycles. The largest absolute Gasteiger partial charge is 0.405 e. The summed E-state index contributed by atoms with van der Waals surface area (Å²) < 4.78 is 37.0. The second kappa shape index (κ2) is 6.18. The molecule has 0 aliphatic heterocycles. The lowest BCUT2D eigenvalue weighted by molar-refractivity contribution is -0.115. The minimum atomic E-state index is -4.38. The maximum Gasteiger partial charge on any atom is 0.405 e. The average Bonchev–Trinajstić information content (AvgIpc) is 2.45. The molecule has 0 amide bonds. The van der Waals surface area contributed by atoms with Crippen molar-refractivity contribution < 1.29 is 18.0 Å². The van der Waals surface area contributed by atoms with Gasteiger partial charge in [0.1, 0.15) is 6.54 Å². The van der Waals surface area contributed by atoms with Crippen molar-refractivity contribution in [1.29, 1.82) is 0 Å². The number of halogens is 4. The van der Waals surface area contributed by atoms with E-state index < -0.39 is 12.7 Å². The van der Waals surface area contributed by atoms with E-state index in [1.54, 1.807) is 30.3 Å². The molecule has 0 saturated heterocycles. The molecule has 0 aliphatic rings. The highest BCUT2D eigenvalue weighted by Gasteiger charge is 2.27. The lowest BCUT2D eigenvalue weighted by atomic mass is 10.0. The number of benzene rings is 2. The number of carbonyl (C=O) groups is 1. The van der Waals surface area contributed by atoms with Crippen LogP contribution in [0.4, 0.5) is 18.9 Å². The van der Waals surface area contributed by atoms with Gasteiger partial charge in [0.15, 0.2) is 5.78 Å². The minimum Gasteiger partial charge on any atom is -0.376 e. The first-order valence-corrected chi connectivity index (χ1v) is 6.44. The van der Waals surface area contributed by atoms with Gasteiger partial charge in [-0.2, -0.15) is 13.2 Å². The van der Waals surface area contributed by atoms with Gasteiger partial charge in [0.2, 0.25) is 0 Å². The van der Waals surface area contributed by atoms with Gasteiger partial charge in [-0.25, -0.2) is 0 Å². The zero-order valence-corrected chi connectivity index (χ0v) is 11.5. The Balaban J connectivity index is 2.33. The highest BCUT2D eigenvalue weighted by molar-refractivity contribution is 6.31. The third-order valence-corrected chi connectivity index (χ3v) is 2.98. The second-order valence-electron chi connectivity index (χ2n) is 4.35. The minimum absolute atomic E-state index is 0.0636. The standard InChI is InChI=1S/C15H11ClF3NO/c16-11-6-7-12(13(8-11)20-9-15(17,18)19)14(21)10-4-2-1-3-5-10/h1-8,20H,9H2. The Morgan fingerprint density at radius 2 is 1.76 bits per heavy atom. The fraction of sp³-hybridized carbons (Fsp3) is 0.133. The van der Waals surface area contributed by atoms with Crippen LogP contribution in [-0.4, -0.2) is 18.5 Å². The third-order valence-electron chi connectivity index (χ3n) is 2.74. The van der Waals surface area contributed by atoms with Crippen LogP contribution in [-0.2, 0) is 0 Å². The Kier molecular flexibility index (Phi) is 4.53. The molecule has 0 saturated carbocycles. The van der Waals surface area contributed by atoms with Crippen molar-refractivity contribution in [3.8, 4) is 0 Å². The molecular formula is C15H11ClF3NO. The second-order valence-corrected chi connectivity index (χ2v) is 4.79. The van der Waals surface area contributed by atoms with E-state index in [0.29, 0.717) is 5.56 Å². The van der Waals surface area contributed by atoms with E-state index in [1.165, 1.54) is 18.2 Å². The number of nitrogens with one attached hydrogen (secondary N) is 1. The van der Waals surface area contributed by atoms with Crippen LogP contribution in [0.2, 0.25) is 5.02 Å². The van der Waals surface area contributed by atoms with Crippen molar-refractivity contribution in [3.05, 3.63) is 64.7 Å². The summed E-state index contributed by atoms with van der Waals surface area (Å²) in [4.78, 5) is 12.3. The molecule has 0 aromatic heterocycles. The molecule has 6 heteroatoms. The maximum absolute atomic E-state index is 12.3. The number of carbonyl (C=O) groups excluding carboxylic acids is 1. The number of rotatable bonds is 4. The summed E-state index contributed by atoms with van der Waals surface area (Å²) in [5.41, 5.74) is 0.610. The molecule has 0 bridgehead atoms. The van der Waals surface area contributed by atoms with Crippen LogP contribution in [0.5, 0.6) is 0 Å². The van der Waals surface area contributed by atoms with E-state index >= 15 is 0 Å². The fourth-order valence-electron chi connectivity index (χ4n) is 1.80. The SMILES string of the molecule is O=C(c1ccccc1)c1ccc(Cl)cc1NCC(F)(F)F. The predicted octanol–water partition coefficient (Wildman–Crippen LogP) is 4.55. The summed E-state index contributed by atoms with van der Waals surface area (Å²) in [5, 5.41) is 2.47. The first kappa shape index (κ1) is 15.4. The molecule has 0 heterocycles. The van der Waals surface area contributed by atoms with Crippen LogP contribution in [0.15, 0.2) is 48.5 Å². The van der Waals surface area contributed by atoms with Crippen LogP contribution < -0.4 is 5.32 Å². The van der Waals surface area contributed by atoms with Crippen LogP contribution >= 0.6 is 11.6 Å². The molecule has 0 spiro atoms. The number of alkyl halides is 3. The number of hydrogen-bond acceptors (Lipinski definition) is 2. The Labute approximate surface area is 124 Å². The highest BCUT2D eigenvalue weighted by atomic mass is 35.5. The van der Waals surface area contributed by atoms with Crippen molar-refractivity contribution in [2.45, 2.75) is 6.18 Å². The van der Waals surface area contributed by atoms with Gasteiger partial charge in [-0.15, -0.1) is 0 Å². The van der Waals surface area contributed by atoms with Gasteiger partial charge in [-0.3, -0.25) is 4.79 Å². The molecule has 0 radical (unpaired) electrons. The molecule has 110 valence electrons. The van der Waals surface area contributed by atoms with E-state index in [1.807, 2.05) is 0 Å². The fourth-order valence-corrected chi connectivity index (χ4v) is 1.97. The Hall–Kier alpha value is -2.01. The summed E-state index contributed by atoms with van der Waals surface area (Å²) >= 11 is 5.78. The van der Waals surface area contributed by atoms with Gasteiger partial charge in [-0.1, -0.05) is 41.9 Å². The molecule has 0 atom stereocenters.